The molecule has 0 aromatic carbocycles. The summed E-state index contributed by atoms with van der Waals surface area (Å²) in [7, 11) is 0.147. The van der Waals surface area contributed by atoms with Crippen molar-refractivity contribution in [3.63, 3.8) is 0 Å². The third-order valence-electron chi connectivity index (χ3n) is 5.10. The fourth-order valence-corrected chi connectivity index (χ4v) is 9.97. The summed E-state index contributed by atoms with van der Waals surface area (Å²) >= 11 is 0. The minimum atomic E-state index is 0.147. The monoisotopic (exact) mass is 254 g/mol. The fourth-order valence-electron chi connectivity index (χ4n) is 4.71. The predicted octanol–water partition coefficient (Wildman–Crippen LogP) is 5.64. The van der Waals surface area contributed by atoms with Crippen LogP contribution in [0.3, 0.4) is 0 Å². The van der Waals surface area contributed by atoms with Gasteiger partial charge >= 0.3 is 0 Å². The predicted molar refractivity (Wildman–Crippen MR) is 80.3 cm³/mol. The Morgan fingerprint density at radius 1 is 1.06 bits per heavy atom. The molecule has 2 fully saturated rings. The van der Waals surface area contributed by atoms with Gasteiger partial charge in [-0.3, -0.25) is 0 Å². The highest BCUT2D eigenvalue weighted by Gasteiger charge is 2.50. The Labute approximate surface area is 110 Å². The van der Waals surface area contributed by atoms with Gasteiger partial charge in [0.05, 0.1) is 0 Å². The van der Waals surface area contributed by atoms with Gasteiger partial charge in [0.1, 0.15) is 0 Å². The first-order valence-electron chi connectivity index (χ1n) is 7.53. The molecule has 0 amide bonds. The van der Waals surface area contributed by atoms with Gasteiger partial charge in [-0.1, -0.05) is 62.3 Å². The lowest BCUT2D eigenvalue weighted by molar-refractivity contribution is 0.246. The van der Waals surface area contributed by atoms with Crippen LogP contribution in [-0.4, -0.2) is 16.0 Å². The normalized spacial score (nSPS) is 42.0. The summed E-state index contributed by atoms with van der Waals surface area (Å²) in [5.74, 6) is 2.05. The zero-order valence-electron chi connectivity index (χ0n) is 12.7. The van der Waals surface area contributed by atoms with Crippen molar-refractivity contribution in [3.8, 4) is 0 Å². The molecule has 2 rings (SSSR count). The van der Waals surface area contributed by atoms with Crippen molar-refractivity contribution in [1.82, 2.24) is 0 Å². The van der Waals surface area contributed by atoms with Gasteiger partial charge in [0.2, 0.25) is 0 Å². The molecule has 1 heterocycles. The second kappa shape index (κ2) is 4.52. The molecule has 17 heavy (non-hydrogen) atoms. The molecule has 100 valence electrons. The van der Waals surface area contributed by atoms with Crippen molar-refractivity contribution in [2.24, 2.45) is 11.8 Å². The zero-order valence-corrected chi connectivity index (χ0v) is 13.6. The van der Waals surface area contributed by atoms with E-state index >= 15 is 0 Å². The van der Waals surface area contributed by atoms with Crippen LogP contribution in [0.1, 0.15) is 73.6 Å². The Balaban J connectivity index is 2.32. The fraction of sp³-hybridized carbons (Fsp3) is 1.00. The molecular formula is C16H31P. The Hall–Kier alpha value is 0.430. The van der Waals surface area contributed by atoms with Gasteiger partial charge in [-0.2, -0.15) is 0 Å². The van der Waals surface area contributed by atoms with Crippen LogP contribution in [-0.2, 0) is 0 Å². The molecule has 1 heteroatoms. The van der Waals surface area contributed by atoms with Gasteiger partial charge in [-0.25, -0.2) is 0 Å². The lowest BCUT2D eigenvalue weighted by Crippen LogP contribution is -2.45. The Morgan fingerprint density at radius 3 is 2.29 bits per heavy atom. The highest BCUT2D eigenvalue weighted by atomic mass is 31.1. The van der Waals surface area contributed by atoms with E-state index in [9.17, 15) is 0 Å². The average molecular weight is 254 g/mol. The Morgan fingerprint density at radius 2 is 1.71 bits per heavy atom. The minimum absolute atomic E-state index is 0.147. The quantitative estimate of drug-likeness (QED) is 0.490. The highest BCUT2D eigenvalue weighted by Crippen LogP contribution is 2.71. The second-order valence-electron chi connectivity index (χ2n) is 8.05. The maximum Gasteiger partial charge on any atom is -0.0144 e. The van der Waals surface area contributed by atoms with Gasteiger partial charge < -0.3 is 0 Å². The number of rotatable bonds is 0. The number of hydrogen-bond donors (Lipinski definition) is 0. The van der Waals surface area contributed by atoms with Crippen LogP contribution in [0.15, 0.2) is 0 Å². The SMILES string of the molecule is CC1CCCC2CCC(C)(C)P(C(C)(C)C)C12. The molecule has 0 N–H and O–H groups in total. The van der Waals surface area contributed by atoms with Crippen molar-refractivity contribution < 1.29 is 0 Å². The van der Waals surface area contributed by atoms with Gasteiger partial charge in [-0.15, -0.1) is 0 Å². The van der Waals surface area contributed by atoms with E-state index in [-0.39, 0.29) is 7.92 Å². The van der Waals surface area contributed by atoms with Crippen LogP contribution < -0.4 is 0 Å². The number of fused-ring (bicyclic) bond motifs is 1. The third kappa shape index (κ3) is 2.58. The lowest BCUT2D eigenvalue weighted by atomic mass is 9.78. The van der Waals surface area contributed by atoms with Gasteiger partial charge in [0.25, 0.3) is 0 Å². The Kier molecular flexibility index (Phi) is 3.68. The smallest absolute Gasteiger partial charge is 0.0144 e. The van der Waals surface area contributed by atoms with Crippen molar-refractivity contribution in [1.29, 1.82) is 0 Å². The standard InChI is InChI=1S/C16H31P/c1-12-8-7-9-13-10-11-16(5,6)17(14(12)13)15(2,3)4/h12-14H,7-11H2,1-6H3. The van der Waals surface area contributed by atoms with Gasteiger partial charge in [0.15, 0.2) is 0 Å². The van der Waals surface area contributed by atoms with E-state index in [1.807, 2.05) is 0 Å². The van der Waals surface area contributed by atoms with Crippen LogP contribution in [0.4, 0.5) is 0 Å². The molecule has 1 aliphatic carbocycles. The lowest BCUT2D eigenvalue weighted by Gasteiger charge is -2.57. The molecule has 1 saturated heterocycles. The molecule has 4 unspecified atom stereocenters. The molecule has 0 bridgehead atoms. The first kappa shape index (κ1) is 13.9. The summed E-state index contributed by atoms with van der Waals surface area (Å²) in [6.07, 6.45) is 7.50. The second-order valence-corrected chi connectivity index (χ2v) is 11.9. The molecule has 0 aromatic heterocycles. The van der Waals surface area contributed by atoms with Gasteiger partial charge in [0, 0.05) is 0 Å². The Bertz CT molecular complexity index is 274. The maximum absolute atomic E-state index is 2.56. The first-order chi connectivity index (χ1) is 7.73. The molecule has 0 radical (unpaired) electrons. The van der Waals surface area contributed by atoms with Crippen LogP contribution in [0.25, 0.3) is 0 Å². The number of hydrogen-bond acceptors (Lipinski definition) is 0. The van der Waals surface area contributed by atoms with Crippen molar-refractivity contribution >= 4 is 7.92 Å². The summed E-state index contributed by atoms with van der Waals surface area (Å²) in [6, 6.07) is 0. The van der Waals surface area contributed by atoms with Crippen molar-refractivity contribution in [2.45, 2.75) is 89.6 Å². The van der Waals surface area contributed by atoms with Gasteiger partial charge in [-0.05, 0) is 47.1 Å². The zero-order chi connectivity index (χ0) is 12.8. The van der Waals surface area contributed by atoms with Crippen molar-refractivity contribution in [2.75, 3.05) is 0 Å². The average Bonchev–Trinajstić information content (AvgIpc) is 2.16. The molecule has 2 aliphatic rings. The maximum atomic E-state index is 2.56. The molecular weight excluding hydrogens is 223 g/mol. The molecule has 1 aliphatic heterocycles. The first-order valence-corrected chi connectivity index (χ1v) is 8.94. The molecule has 4 atom stereocenters. The van der Waals surface area contributed by atoms with Crippen LogP contribution in [0.5, 0.6) is 0 Å². The molecule has 1 saturated carbocycles. The molecule has 0 spiro atoms. The van der Waals surface area contributed by atoms with E-state index in [0.29, 0.717) is 10.3 Å². The highest BCUT2D eigenvalue weighted by molar-refractivity contribution is 7.61. The minimum Gasteiger partial charge on any atom is -0.0916 e. The van der Waals surface area contributed by atoms with E-state index in [4.69, 9.17) is 0 Å². The summed E-state index contributed by atoms with van der Waals surface area (Å²) in [5, 5.41) is 1.15. The van der Waals surface area contributed by atoms with E-state index in [1.165, 1.54) is 32.1 Å². The van der Waals surface area contributed by atoms with E-state index in [2.05, 4.69) is 41.5 Å². The summed E-state index contributed by atoms with van der Waals surface area (Å²) in [5.41, 5.74) is 1.06. The third-order valence-corrected chi connectivity index (χ3v) is 9.60. The van der Waals surface area contributed by atoms with E-state index in [0.717, 1.165) is 17.5 Å². The topological polar surface area (TPSA) is 0 Å². The van der Waals surface area contributed by atoms with E-state index < -0.39 is 0 Å². The van der Waals surface area contributed by atoms with Crippen molar-refractivity contribution in [3.05, 3.63) is 0 Å². The van der Waals surface area contributed by atoms with Crippen LogP contribution in [0, 0.1) is 11.8 Å². The summed E-state index contributed by atoms with van der Waals surface area (Å²) in [4.78, 5) is 0. The largest absolute Gasteiger partial charge is 0.0916 e. The molecule has 0 nitrogen and oxygen atoms in total. The van der Waals surface area contributed by atoms with Crippen LogP contribution in [0.2, 0.25) is 0 Å². The molecule has 0 aromatic rings. The van der Waals surface area contributed by atoms with E-state index in [1.54, 1.807) is 0 Å². The summed E-state index contributed by atoms with van der Waals surface area (Å²) in [6.45, 7) is 15.2. The summed E-state index contributed by atoms with van der Waals surface area (Å²) < 4.78 is 0. The van der Waals surface area contributed by atoms with Crippen LogP contribution >= 0.6 is 7.92 Å².